The maximum Gasteiger partial charge on any atom is 0.0850 e. The van der Waals surface area contributed by atoms with Gasteiger partial charge >= 0.3 is 0 Å². The maximum absolute atomic E-state index is 5.99. The smallest absolute Gasteiger partial charge is 0.0850 e. The minimum absolute atomic E-state index is 0.286. The lowest BCUT2D eigenvalue weighted by Crippen LogP contribution is -2.38. The van der Waals surface area contributed by atoms with Crippen molar-refractivity contribution in [2.75, 3.05) is 7.05 Å². The molecule has 1 saturated heterocycles. The number of likely N-dealkylation sites (tertiary alicyclic amines) is 1. The molecule has 0 radical (unpaired) electrons. The molecule has 1 nitrogen and oxygen atoms in total. The Balaban J connectivity index is 2.41. The molecule has 1 rings (SSSR count). The molecule has 0 bridgehead atoms. The molecule has 1 aliphatic heterocycles. The lowest BCUT2D eigenvalue weighted by molar-refractivity contribution is 0.175. The molecule has 9 heavy (non-hydrogen) atoms. The van der Waals surface area contributed by atoms with E-state index in [1.165, 1.54) is 12.8 Å². The van der Waals surface area contributed by atoms with Gasteiger partial charge < -0.3 is 0 Å². The first kappa shape index (κ1) is 7.36. The third-order valence-corrected chi connectivity index (χ3v) is 2.73. The third kappa shape index (κ3) is 1.59. The van der Waals surface area contributed by atoms with Crippen LogP contribution in [0.25, 0.3) is 0 Å². The number of nitrogens with zero attached hydrogens (tertiary/aromatic N) is 1. The normalized spacial score (nSPS) is 39.0. The van der Waals surface area contributed by atoms with Crippen molar-refractivity contribution in [3.63, 3.8) is 0 Å². The Labute approximate surface area is 62.0 Å². The van der Waals surface area contributed by atoms with Gasteiger partial charge in [0, 0.05) is 6.04 Å². The standard InChI is InChI=1S/C7H14ClN/c1-6-4-3-5-7(8)9(6)2/h6-7H,3-5H2,1-2H3. The molecule has 2 heteroatoms. The van der Waals surface area contributed by atoms with Gasteiger partial charge in [-0.15, -0.1) is 11.6 Å². The van der Waals surface area contributed by atoms with Crippen LogP contribution in [0.2, 0.25) is 0 Å². The number of piperidine rings is 1. The Hall–Kier alpha value is 0.250. The van der Waals surface area contributed by atoms with Gasteiger partial charge in [0.2, 0.25) is 0 Å². The van der Waals surface area contributed by atoms with Crippen molar-refractivity contribution in [1.82, 2.24) is 4.90 Å². The van der Waals surface area contributed by atoms with Gasteiger partial charge in [0.1, 0.15) is 0 Å². The fourth-order valence-corrected chi connectivity index (χ4v) is 1.61. The summed E-state index contributed by atoms with van der Waals surface area (Å²) in [5.41, 5.74) is 0.286. The molecule has 0 aromatic rings. The minimum atomic E-state index is 0.286. The van der Waals surface area contributed by atoms with Gasteiger partial charge in [0.25, 0.3) is 0 Å². The van der Waals surface area contributed by atoms with E-state index in [2.05, 4.69) is 18.9 Å². The summed E-state index contributed by atoms with van der Waals surface area (Å²) in [6.07, 6.45) is 3.75. The summed E-state index contributed by atoms with van der Waals surface area (Å²) >= 11 is 5.99. The zero-order valence-corrected chi connectivity index (χ0v) is 6.86. The quantitative estimate of drug-likeness (QED) is 0.375. The molecular weight excluding hydrogens is 134 g/mol. The Morgan fingerprint density at radius 2 is 2.11 bits per heavy atom. The monoisotopic (exact) mass is 147 g/mol. The summed E-state index contributed by atoms with van der Waals surface area (Å²) in [5, 5.41) is 0. The Bertz CT molecular complexity index is 84.9. The molecular formula is C7H14ClN. The number of alkyl halides is 1. The molecule has 54 valence electrons. The summed E-state index contributed by atoms with van der Waals surface area (Å²) in [7, 11) is 2.10. The molecule has 0 aromatic carbocycles. The third-order valence-electron chi connectivity index (χ3n) is 2.20. The average Bonchev–Trinajstić information content (AvgIpc) is 1.83. The van der Waals surface area contributed by atoms with Gasteiger partial charge in [-0.1, -0.05) is 0 Å². The number of rotatable bonds is 0. The minimum Gasteiger partial charge on any atom is -0.288 e. The van der Waals surface area contributed by atoms with E-state index in [4.69, 9.17) is 11.6 Å². The van der Waals surface area contributed by atoms with Crippen LogP contribution in [-0.4, -0.2) is 23.5 Å². The van der Waals surface area contributed by atoms with Crippen LogP contribution in [0.1, 0.15) is 26.2 Å². The van der Waals surface area contributed by atoms with E-state index in [0.717, 1.165) is 6.42 Å². The molecule has 0 spiro atoms. The summed E-state index contributed by atoms with van der Waals surface area (Å²) in [6, 6.07) is 0.682. The van der Waals surface area contributed by atoms with E-state index >= 15 is 0 Å². The zero-order chi connectivity index (χ0) is 6.85. The highest BCUT2D eigenvalue weighted by atomic mass is 35.5. The van der Waals surface area contributed by atoms with E-state index in [9.17, 15) is 0 Å². The van der Waals surface area contributed by atoms with Gasteiger partial charge in [-0.25, -0.2) is 0 Å². The van der Waals surface area contributed by atoms with Gasteiger partial charge in [-0.2, -0.15) is 0 Å². The van der Waals surface area contributed by atoms with Gasteiger partial charge in [-0.3, -0.25) is 4.90 Å². The molecule has 1 fully saturated rings. The van der Waals surface area contributed by atoms with Crippen molar-refractivity contribution in [2.45, 2.75) is 37.7 Å². The van der Waals surface area contributed by atoms with Gasteiger partial charge in [0.15, 0.2) is 0 Å². The first-order valence-corrected chi connectivity index (χ1v) is 4.01. The van der Waals surface area contributed by atoms with Crippen molar-refractivity contribution in [1.29, 1.82) is 0 Å². The predicted molar refractivity (Wildman–Crippen MR) is 40.7 cm³/mol. The molecule has 1 heterocycles. The Morgan fingerprint density at radius 1 is 1.44 bits per heavy atom. The summed E-state index contributed by atoms with van der Waals surface area (Å²) in [5.74, 6) is 0. The van der Waals surface area contributed by atoms with Crippen LogP contribution in [0.3, 0.4) is 0 Å². The topological polar surface area (TPSA) is 3.24 Å². The summed E-state index contributed by atoms with van der Waals surface area (Å²) < 4.78 is 0. The highest BCUT2D eigenvalue weighted by molar-refractivity contribution is 6.20. The molecule has 2 unspecified atom stereocenters. The van der Waals surface area contributed by atoms with Crippen LogP contribution in [0.5, 0.6) is 0 Å². The fourth-order valence-electron chi connectivity index (χ4n) is 1.27. The molecule has 0 amide bonds. The molecule has 0 N–H and O–H groups in total. The van der Waals surface area contributed by atoms with Crippen molar-refractivity contribution in [2.24, 2.45) is 0 Å². The highest BCUT2D eigenvalue weighted by Gasteiger charge is 2.21. The van der Waals surface area contributed by atoms with E-state index in [1.807, 2.05) is 0 Å². The van der Waals surface area contributed by atoms with E-state index in [1.54, 1.807) is 0 Å². The molecule has 1 aliphatic rings. The van der Waals surface area contributed by atoms with Gasteiger partial charge in [0.05, 0.1) is 5.50 Å². The highest BCUT2D eigenvalue weighted by Crippen LogP contribution is 2.22. The van der Waals surface area contributed by atoms with Crippen LogP contribution in [-0.2, 0) is 0 Å². The van der Waals surface area contributed by atoms with E-state index in [-0.39, 0.29) is 5.50 Å². The van der Waals surface area contributed by atoms with Crippen LogP contribution in [0.4, 0.5) is 0 Å². The lowest BCUT2D eigenvalue weighted by Gasteiger charge is -2.33. The first-order chi connectivity index (χ1) is 4.22. The number of hydrogen-bond acceptors (Lipinski definition) is 1. The summed E-state index contributed by atoms with van der Waals surface area (Å²) in [6.45, 7) is 2.23. The SMILES string of the molecule is CC1CCCC(Cl)N1C. The van der Waals surface area contributed by atoms with Crippen LogP contribution < -0.4 is 0 Å². The predicted octanol–water partition coefficient (Wildman–Crippen LogP) is 2.06. The molecule has 2 atom stereocenters. The maximum atomic E-state index is 5.99. The Kier molecular flexibility index (Phi) is 2.36. The first-order valence-electron chi connectivity index (χ1n) is 3.58. The Morgan fingerprint density at radius 3 is 2.56 bits per heavy atom. The van der Waals surface area contributed by atoms with Crippen molar-refractivity contribution < 1.29 is 0 Å². The lowest BCUT2D eigenvalue weighted by atomic mass is 10.0. The van der Waals surface area contributed by atoms with Crippen molar-refractivity contribution in [3.05, 3.63) is 0 Å². The van der Waals surface area contributed by atoms with Crippen LogP contribution in [0.15, 0.2) is 0 Å². The second-order valence-electron chi connectivity index (χ2n) is 2.88. The van der Waals surface area contributed by atoms with E-state index in [0.29, 0.717) is 6.04 Å². The van der Waals surface area contributed by atoms with Gasteiger partial charge in [-0.05, 0) is 33.2 Å². The largest absolute Gasteiger partial charge is 0.288 e. The second-order valence-corrected chi connectivity index (χ2v) is 3.38. The molecule has 0 aromatic heterocycles. The molecule has 0 saturated carbocycles. The fraction of sp³-hybridized carbons (Fsp3) is 1.00. The number of hydrogen-bond donors (Lipinski definition) is 0. The van der Waals surface area contributed by atoms with Crippen LogP contribution >= 0.6 is 11.6 Å². The average molecular weight is 148 g/mol. The van der Waals surface area contributed by atoms with E-state index < -0.39 is 0 Å². The summed E-state index contributed by atoms with van der Waals surface area (Å²) in [4.78, 5) is 2.24. The van der Waals surface area contributed by atoms with Crippen molar-refractivity contribution in [3.8, 4) is 0 Å². The second kappa shape index (κ2) is 2.89. The number of halogens is 1. The zero-order valence-electron chi connectivity index (χ0n) is 6.10. The van der Waals surface area contributed by atoms with Crippen LogP contribution in [0, 0.1) is 0 Å². The van der Waals surface area contributed by atoms with Crippen molar-refractivity contribution >= 4 is 11.6 Å². The molecule has 0 aliphatic carbocycles.